The van der Waals surface area contributed by atoms with Gasteiger partial charge in [-0.2, -0.15) is 0 Å². The van der Waals surface area contributed by atoms with E-state index in [9.17, 15) is 19.2 Å². The van der Waals surface area contributed by atoms with E-state index >= 15 is 0 Å². The first kappa shape index (κ1) is 35.9. The Bertz CT molecular complexity index is 553. The molecule has 0 aliphatic heterocycles. The van der Waals surface area contributed by atoms with Crippen molar-refractivity contribution < 1.29 is 38.9 Å². The summed E-state index contributed by atoms with van der Waals surface area (Å²) in [5.74, 6) is -1.68. The van der Waals surface area contributed by atoms with Crippen LogP contribution in [0.25, 0.3) is 0 Å². The molecule has 0 saturated heterocycles. The first-order valence-corrected chi connectivity index (χ1v) is 15.2. The zero-order valence-electron chi connectivity index (χ0n) is 23.7. The van der Waals surface area contributed by atoms with Crippen LogP contribution in [0.4, 0.5) is 0 Å². The molecular weight excluding hydrogens is 488 g/mol. The Morgan fingerprint density at radius 3 is 0.868 bits per heavy atom. The minimum atomic E-state index is -0.733. The predicted molar refractivity (Wildman–Crippen MR) is 148 cm³/mol. The Balaban J connectivity index is 3.25. The summed E-state index contributed by atoms with van der Waals surface area (Å²) in [6.07, 6.45) is 21.2. The van der Waals surface area contributed by atoms with Crippen LogP contribution >= 0.6 is 0 Å². The van der Waals surface area contributed by atoms with Crippen molar-refractivity contribution in [2.45, 2.75) is 154 Å². The fourth-order valence-corrected chi connectivity index (χ4v) is 4.29. The second kappa shape index (κ2) is 27.9. The lowest BCUT2D eigenvalue weighted by molar-refractivity contribution is -0.144. The molecule has 222 valence electrons. The van der Waals surface area contributed by atoms with Crippen LogP contribution in [-0.4, -0.2) is 47.3 Å². The van der Waals surface area contributed by atoms with Gasteiger partial charge in [-0.05, 0) is 38.5 Å². The Hall–Kier alpha value is -2.12. The lowest BCUT2D eigenvalue weighted by atomic mass is 10.1. The second-order valence-corrected chi connectivity index (χ2v) is 10.3. The monoisotopic (exact) mass is 542 g/mol. The number of carbonyl (C=O) groups is 4. The zero-order chi connectivity index (χ0) is 28.1. The maximum atomic E-state index is 11.7. The zero-order valence-corrected chi connectivity index (χ0v) is 23.7. The number of carbonyl (C=O) groups excluding carboxylic acids is 2. The van der Waals surface area contributed by atoms with E-state index in [2.05, 4.69) is 0 Å². The van der Waals surface area contributed by atoms with Gasteiger partial charge in [0.1, 0.15) is 0 Å². The molecular formula is C30H54O8. The molecule has 0 aromatic carbocycles. The quantitative estimate of drug-likeness (QED) is 0.0730. The van der Waals surface area contributed by atoms with Crippen molar-refractivity contribution in [1.82, 2.24) is 0 Å². The van der Waals surface area contributed by atoms with Crippen LogP contribution in [0.2, 0.25) is 0 Å². The fourth-order valence-electron chi connectivity index (χ4n) is 4.29. The molecule has 0 heterocycles. The largest absolute Gasteiger partial charge is 0.481 e. The SMILES string of the molecule is O=C(O)CCCCCCCCC(=O)OCCCCCCCCCCOC(=O)CCCCCCCCC(=O)O. The third-order valence-corrected chi connectivity index (χ3v) is 6.61. The van der Waals surface area contributed by atoms with Crippen LogP contribution in [0.3, 0.4) is 0 Å². The molecule has 2 N–H and O–H groups in total. The molecule has 0 fully saturated rings. The van der Waals surface area contributed by atoms with E-state index in [1.807, 2.05) is 0 Å². The number of unbranched alkanes of at least 4 members (excludes halogenated alkanes) is 17. The molecule has 0 aliphatic carbocycles. The highest BCUT2D eigenvalue weighted by Crippen LogP contribution is 2.12. The van der Waals surface area contributed by atoms with Crippen molar-refractivity contribution in [3.8, 4) is 0 Å². The number of carboxylic acid groups (broad SMARTS) is 2. The number of esters is 2. The fraction of sp³-hybridized carbons (Fsp3) is 0.867. The van der Waals surface area contributed by atoms with Crippen LogP contribution in [0, 0.1) is 0 Å². The van der Waals surface area contributed by atoms with E-state index < -0.39 is 11.9 Å². The minimum Gasteiger partial charge on any atom is -0.481 e. The molecule has 0 aromatic heterocycles. The van der Waals surface area contributed by atoms with Gasteiger partial charge >= 0.3 is 23.9 Å². The van der Waals surface area contributed by atoms with Gasteiger partial charge in [0.25, 0.3) is 0 Å². The summed E-state index contributed by atoms with van der Waals surface area (Å²) in [5, 5.41) is 17.2. The molecule has 0 saturated carbocycles. The van der Waals surface area contributed by atoms with Gasteiger partial charge in [-0.15, -0.1) is 0 Å². The number of aliphatic carboxylic acids is 2. The Kier molecular flexibility index (Phi) is 26.3. The third-order valence-electron chi connectivity index (χ3n) is 6.61. The van der Waals surface area contributed by atoms with Gasteiger partial charge in [-0.25, -0.2) is 0 Å². The lowest BCUT2D eigenvalue weighted by Gasteiger charge is -2.06. The second-order valence-electron chi connectivity index (χ2n) is 10.3. The molecule has 8 heteroatoms. The van der Waals surface area contributed by atoms with E-state index in [0.717, 1.165) is 116 Å². The van der Waals surface area contributed by atoms with E-state index in [-0.39, 0.29) is 24.8 Å². The smallest absolute Gasteiger partial charge is 0.305 e. The van der Waals surface area contributed by atoms with Crippen molar-refractivity contribution in [2.75, 3.05) is 13.2 Å². The summed E-state index contributed by atoms with van der Waals surface area (Å²) in [6.45, 7) is 1.01. The minimum absolute atomic E-state index is 0.110. The summed E-state index contributed by atoms with van der Waals surface area (Å²) < 4.78 is 10.6. The van der Waals surface area contributed by atoms with Crippen molar-refractivity contribution in [3.63, 3.8) is 0 Å². The van der Waals surface area contributed by atoms with Gasteiger partial charge in [0.2, 0.25) is 0 Å². The summed E-state index contributed by atoms with van der Waals surface area (Å²) in [7, 11) is 0. The van der Waals surface area contributed by atoms with E-state index in [0.29, 0.717) is 26.1 Å². The lowest BCUT2D eigenvalue weighted by Crippen LogP contribution is -2.05. The average Bonchev–Trinajstić information content (AvgIpc) is 2.87. The number of rotatable bonds is 29. The maximum absolute atomic E-state index is 11.7. The van der Waals surface area contributed by atoms with Gasteiger partial charge in [0.15, 0.2) is 0 Å². The summed E-state index contributed by atoms with van der Waals surface area (Å²) in [4.78, 5) is 44.4. The predicted octanol–water partition coefficient (Wildman–Crippen LogP) is 7.60. The molecule has 0 unspecified atom stereocenters. The highest BCUT2D eigenvalue weighted by Gasteiger charge is 2.04. The Morgan fingerprint density at radius 2 is 0.579 bits per heavy atom. The van der Waals surface area contributed by atoms with Crippen LogP contribution in [0.5, 0.6) is 0 Å². The highest BCUT2D eigenvalue weighted by molar-refractivity contribution is 5.69. The molecule has 0 bridgehead atoms. The molecule has 0 aromatic rings. The van der Waals surface area contributed by atoms with Crippen molar-refractivity contribution in [3.05, 3.63) is 0 Å². The summed E-state index contributed by atoms with van der Waals surface area (Å²) >= 11 is 0. The number of ether oxygens (including phenoxy) is 2. The number of hydrogen-bond donors (Lipinski definition) is 2. The van der Waals surface area contributed by atoms with Gasteiger partial charge in [-0.1, -0.05) is 89.9 Å². The summed E-state index contributed by atoms with van der Waals surface area (Å²) in [5.41, 5.74) is 0. The van der Waals surface area contributed by atoms with Crippen molar-refractivity contribution >= 4 is 23.9 Å². The van der Waals surface area contributed by atoms with Gasteiger partial charge in [0, 0.05) is 25.7 Å². The summed E-state index contributed by atoms with van der Waals surface area (Å²) in [6, 6.07) is 0. The third kappa shape index (κ3) is 30.1. The van der Waals surface area contributed by atoms with Crippen LogP contribution < -0.4 is 0 Å². The van der Waals surface area contributed by atoms with Crippen molar-refractivity contribution in [2.24, 2.45) is 0 Å². The molecule has 0 rings (SSSR count). The first-order chi connectivity index (χ1) is 18.4. The average molecular weight is 543 g/mol. The first-order valence-electron chi connectivity index (χ1n) is 15.2. The van der Waals surface area contributed by atoms with Crippen LogP contribution in [-0.2, 0) is 28.7 Å². The normalized spacial score (nSPS) is 10.8. The van der Waals surface area contributed by atoms with Crippen LogP contribution in [0.1, 0.15) is 154 Å². The molecule has 0 spiro atoms. The van der Waals surface area contributed by atoms with E-state index in [1.165, 1.54) is 12.8 Å². The number of carboxylic acids is 2. The Labute approximate surface area is 230 Å². The topological polar surface area (TPSA) is 127 Å². The molecule has 0 aliphatic rings. The van der Waals surface area contributed by atoms with E-state index in [4.69, 9.17) is 19.7 Å². The standard InChI is InChI=1S/C30H54O8/c31-27(32)21-15-9-3-5-11-17-23-29(35)37-25-19-13-7-1-2-8-14-20-26-38-30(36)24-18-12-6-4-10-16-22-28(33)34/h1-26H2,(H,31,32)(H,33,34). The highest BCUT2D eigenvalue weighted by atomic mass is 16.5. The van der Waals surface area contributed by atoms with E-state index in [1.54, 1.807) is 0 Å². The molecule has 8 nitrogen and oxygen atoms in total. The number of hydrogen-bond acceptors (Lipinski definition) is 6. The van der Waals surface area contributed by atoms with Gasteiger partial charge in [-0.3, -0.25) is 19.2 Å². The molecule has 38 heavy (non-hydrogen) atoms. The van der Waals surface area contributed by atoms with Gasteiger partial charge in [0.05, 0.1) is 13.2 Å². The van der Waals surface area contributed by atoms with Crippen molar-refractivity contribution in [1.29, 1.82) is 0 Å². The van der Waals surface area contributed by atoms with Gasteiger partial charge < -0.3 is 19.7 Å². The van der Waals surface area contributed by atoms with Crippen LogP contribution in [0.15, 0.2) is 0 Å². The molecule has 0 atom stereocenters. The Morgan fingerprint density at radius 1 is 0.342 bits per heavy atom. The molecule has 0 radical (unpaired) electrons. The maximum Gasteiger partial charge on any atom is 0.305 e. The molecule has 0 amide bonds.